The summed E-state index contributed by atoms with van der Waals surface area (Å²) >= 11 is 0. The molecule has 0 aliphatic rings. The first kappa shape index (κ1) is 11.7. The Morgan fingerprint density at radius 2 is 2.20 bits per heavy atom. The Morgan fingerprint density at radius 3 is 2.67 bits per heavy atom. The van der Waals surface area contributed by atoms with E-state index in [2.05, 4.69) is 6.92 Å². The van der Waals surface area contributed by atoms with Crippen LogP contribution in [0.1, 0.15) is 24.0 Å². The monoisotopic (exact) mass is 208 g/mol. The van der Waals surface area contributed by atoms with Crippen LogP contribution in [0.2, 0.25) is 0 Å². The van der Waals surface area contributed by atoms with E-state index >= 15 is 0 Å². The van der Waals surface area contributed by atoms with Crippen molar-refractivity contribution in [2.75, 3.05) is 6.61 Å². The molecule has 1 aromatic rings. The molecule has 4 nitrogen and oxygen atoms in total. The van der Waals surface area contributed by atoms with Crippen LogP contribution in [0, 0.1) is 17.0 Å². The van der Waals surface area contributed by atoms with Crippen molar-refractivity contribution in [3.8, 4) is 0 Å². The molecule has 81 valence electrons. The molecule has 0 aliphatic carbocycles. The van der Waals surface area contributed by atoms with Crippen molar-refractivity contribution in [1.29, 1.82) is 0 Å². The molecule has 1 unspecified atom stereocenters. The standard InChI is InChI=1S/C11H14NO3/c1-3-9-4-10(8(2)7-13)6-11(5-9)12(14)15/h4-6,8,13H,2-3,7H2,1H3. The van der Waals surface area contributed by atoms with Gasteiger partial charge in [0.25, 0.3) is 5.69 Å². The van der Waals surface area contributed by atoms with Crippen LogP contribution in [0.4, 0.5) is 5.69 Å². The van der Waals surface area contributed by atoms with Crippen molar-refractivity contribution in [1.82, 2.24) is 0 Å². The Kier molecular flexibility index (Phi) is 3.80. The molecule has 1 atom stereocenters. The predicted molar refractivity (Wildman–Crippen MR) is 57.7 cm³/mol. The van der Waals surface area contributed by atoms with Gasteiger partial charge in [-0.05, 0) is 24.5 Å². The molecular formula is C11H14NO3. The number of aryl methyl sites for hydroxylation is 1. The van der Waals surface area contributed by atoms with E-state index in [9.17, 15) is 10.1 Å². The van der Waals surface area contributed by atoms with Crippen molar-refractivity contribution in [3.63, 3.8) is 0 Å². The Labute approximate surface area is 88.7 Å². The van der Waals surface area contributed by atoms with Gasteiger partial charge in [-0.3, -0.25) is 10.1 Å². The van der Waals surface area contributed by atoms with Crippen molar-refractivity contribution >= 4 is 5.69 Å². The summed E-state index contributed by atoms with van der Waals surface area (Å²) in [5.74, 6) is -0.310. The summed E-state index contributed by atoms with van der Waals surface area (Å²) in [6.07, 6.45) is 0.729. The summed E-state index contributed by atoms with van der Waals surface area (Å²) in [6.45, 7) is 5.55. The number of nitrogens with zero attached hydrogens (tertiary/aromatic N) is 1. The van der Waals surface area contributed by atoms with E-state index in [0.717, 1.165) is 12.0 Å². The third kappa shape index (κ3) is 2.76. The summed E-state index contributed by atoms with van der Waals surface area (Å²) in [5, 5.41) is 19.6. The number of nitro benzene ring substituents is 1. The van der Waals surface area contributed by atoms with Crippen LogP contribution in [0.5, 0.6) is 0 Å². The van der Waals surface area contributed by atoms with Gasteiger partial charge in [-0.1, -0.05) is 13.0 Å². The van der Waals surface area contributed by atoms with Gasteiger partial charge in [0.1, 0.15) is 0 Å². The van der Waals surface area contributed by atoms with Gasteiger partial charge in [0.15, 0.2) is 0 Å². The van der Waals surface area contributed by atoms with Gasteiger partial charge in [-0.25, -0.2) is 0 Å². The molecule has 1 rings (SSSR count). The highest BCUT2D eigenvalue weighted by atomic mass is 16.6. The number of hydrogen-bond donors (Lipinski definition) is 1. The molecule has 15 heavy (non-hydrogen) atoms. The van der Waals surface area contributed by atoms with Crippen LogP contribution in [0.25, 0.3) is 0 Å². The summed E-state index contributed by atoms with van der Waals surface area (Å²) in [6, 6.07) is 4.86. The average Bonchev–Trinajstić information content (AvgIpc) is 2.27. The first-order valence-electron chi connectivity index (χ1n) is 4.80. The zero-order chi connectivity index (χ0) is 11.4. The minimum atomic E-state index is -0.424. The van der Waals surface area contributed by atoms with Crippen molar-refractivity contribution < 1.29 is 10.0 Å². The normalized spacial score (nSPS) is 12.5. The number of rotatable bonds is 4. The largest absolute Gasteiger partial charge is 0.396 e. The fraction of sp³-hybridized carbons (Fsp3) is 0.364. The van der Waals surface area contributed by atoms with Gasteiger partial charge in [-0.2, -0.15) is 0 Å². The third-order valence-corrected chi connectivity index (χ3v) is 2.31. The lowest BCUT2D eigenvalue weighted by molar-refractivity contribution is -0.385. The van der Waals surface area contributed by atoms with E-state index in [1.807, 2.05) is 13.0 Å². The quantitative estimate of drug-likeness (QED) is 0.608. The van der Waals surface area contributed by atoms with Crippen LogP contribution in [-0.2, 0) is 6.42 Å². The molecule has 0 aliphatic heterocycles. The van der Waals surface area contributed by atoms with Gasteiger partial charge in [0, 0.05) is 24.7 Å². The van der Waals surface area contributed by atoms with Crippen LogP contribution in [0.3, 0.4) is 0 Å². The fourth-order valence-corrected chi connectivity index (χ4v) is 1.35. The minimum Gasteiger partial charge on any atom is -0.396 e. The number of benzene rings is 1. The lowest BCUT2D eigenvalue weighted by Gasteiger charge is -2.09. The van der Waals surface area contributed by atoms with Gasteiger partial charge in [-0.15, -0.1) is 0 Å². The van der Waals surface area contributed by atoms with Crippen molar-refractivity contribution in [3.05, 3.63) is 46.4 Å². The lowest BCUT2D eigenvalue weighted by atomic mass is 9.98. The van der Waals surface area contributed by atoms with Gasteiger partial charge >= 0.3 is 0 Å². The smallest absolute Gasteiger partial charge is 0.269 e. The molecule has 0 spiro atoms. The number of hydrogen-bond acceptors (Lipinski definition) is 3. The maximum Gasteiger partial charge on any atom is 0.269 e. The van der Waals surface area contributed by atoms with Crippen molar-refractivity contribution in [2.45, 2.75) is 19.3 Å². The lowest BCUT2D eigenvalue weighted by Crippen LogP contribution is -2.01. The summed E-state index contributed by atoms with van der Waals surface area (Å²) in [7, 11) is 0. The first-order chi connectivity index (χ1) is 7.08. The first-order valence-corrected chi connectivity index (χ1v) is 4.80. The second-order valence-electron chi connectivity index (χ2n) is 3.42. The van der Waals surface area contributed by atoms with E-state index < -0.39 is 4.92 Å². The minimum absolute atomic E-state index is 0.0615. The molecule has 0 saturated carbocycles. The molecule has 1 aromatic carbocycles. The number of aliphatic hydroxyl groups excluding tert-OH is 1. The number of aliphatic hydroxyl groups is 1. The molecule has 0 bridgehead atoms. The molecule has 0 saturated heterocycles. The molecule has 4 heteroatoms. The third-order valence-electron chi connectivity index (χ3n) is 2.31. The van der Waals surface area contributed by atoms with Crippen LogP contribution in [0.15, 0.2) is 18.2 Å². The zero-order valence-corrected chi connectivity index (χ0v) is 8.64. The Hall–Kier alpha value is -1.42. The average molecular weight is 208 g/mol. The van der Waals surface area contributed by atoms with E-state index in [-0.39, 0.29) is 18.2 Å². The molecule has 0 amide bonds. The highest BCUT2D eigenvalue weighted by molar-refractivity contribution is 5.41. The van der Waals surface area contributed by atoms with E-state index in [4.69, 9.17) is 5.11 Å². The highest BCUT2D eigenvalue weighted by Gasteiger charge is 2.12. The number of nitro groups is 1. The van der Waals surface area contributed by atoms with Crippen LogP contribution in [-0.4, -0.2) is 16.6 Å². The maximum absolute atomic E-state index is 10.7. The predicted octanol–water partition coefficient (Wildman–Crippen LogP) is 2.07. The molecule has 0 fully saturated rings. The van der Waals surface area contributed by atoms with Gasteiger partial charge in [0.05, 0.1) is 4.92 Å². The Morgan fingerprint density at radius 1 is 1.53 bits per heavy atom. The van der Waals surface area contributed by atoms with Crippen LogP contribution < -0.4 is 0 Å². The second-order valence-corrected chi connectivity index (χ2v) is 3.42. The molecule has 1 radical (unpaired) electrons. The van der Waals surface area contributed by atoms with Crippen molar-refractivity contribution in [2.24, 2.45) is 0 Å². The van der Waals surface area contributed by atoms with Crippen LogP contribution >= 0.6 is 0 Å². The molecule has 1 N–H and O–H groups in total. The maximum atomic E-state index is 10.7. The van der Waals surface area contributed by atoms with Gasteiger partial charge < -0.3 is 5.11 Å². The van der Waals surface area contributed by atoms with E-state index in [1.54, 1.807) is 6.07 Å². The SMILES string of the molecule is [CH2]C(CO)c1cc(CC)cc([N+](=O)[O-])c1. The Bertz CT molecular complexity index is 363. The fourth-order valence-electron chi connectivity index (χ4n) is 1.35. The Balaban J connectivity index is 3.16. The summed E-state index contributed by atoms with van der Waals surface area (Å²) in [5.41, 5.74) is 1.66. The molecular weight excluding hydrogens is 194 g/mol. The highest BCUT2D eigenvalue weighted by Crippen LogP contribution is 2.23. The number of non-ortho nitro benzene ring substituents is 1. The summed E-state index contributed by atoms with van der Waals surface area (Å²) in [4.78, 5) is 10.2. The topological polar surface area (TPSA) is 63.4 Å². The second kappa shape index (κ2) is 4.89. The van der Waals surface area contributed by atoms with E-state index in [1.165, 1.54) is 6.07 Å². The van der Waals surface area contributed by atoms with E-state index in [0.29, 0.717) is 5.56 Å². The molecule has 0 aromatic heterocycles. The summed E-state index contributed by atoms with van der Waals surface area (Å²) < 4.78 is 0. The van der Waals surface area contributed by atoms with Gasteiger partial charge in [0.2, 0.25) is 0 Å². The molecule has 0 heterocycles. The zero-order valence-electron chi connectivity index (χ0n) is 8.64.